The largest absolute Gasteiger partial charge is 0.477 e. The fourth-order valence-electron chi connectivity index (χ4n) is 1.06. The topological polar surface area (TPSA) is 77.5 Å². The lowest BCUT2D eigenvalue weighted by atomic mass is 10.3. The van der Waals surface area contributed by atoms with Gasteiger partial charge in [0.15, 0.2) is 0 Å². The Bertz CT molecular complexity index is 387. The number of hydrogen-bond donors (Lipinski definition) is 3. The standard InChI is InChI=1S/C7H6ClN3O2/c8-7(6(12)13)10-3-4-1-2-9-5(4)11-7/h1-3,9,11H,(H,12,13). The molecule has 0 amide bonds. The highest BCUT2D eigenvalue weighted by atomic mass is 35.5. The van der Waals surface area contributed by atoms with E-state index < -0.39 is 11.1 Å². The Balaban J connectivity index is 2.40. The van der Waals surface area contributed by atoms with Crippen molar-refractivity contribution in [3.8, 4) is 0 Å². The van der Waals surface area contributed by atoms with Gasteiger partial charge in [0.1, 0.15) is 5.82 Å². The number of rotatable bonds is 1. The van der Waals surface area contributed by atoms with Crippen molar-refractivity contribution in [1.82, 2.24) is 4.98 Å². The second kappa shape index (κ2) is 2.50. The number of aliphatic carboxylic acids is 1. The van der Waals surface area contributed by atoms with Crippen molar-refractivity contribution in [3.05, 3.63) is 17.8 Å². The molecule has 2 heterocycles. The van der Waals surface area contributed by atoms with Crippen LogP contribution in [0.15, 0.2) is 17.3 Å². The molecule has 0 fully saturated rings. The Hall–Kier alpha value is -1.49. The molecule has 0 bridgehead atoms. The molecule has 0 spiro atoms. The molecule has 1 atom stereocenters. The lowest BCUT2D eigenvalue weighted by molar-refractivity contribution is -0.139. The van der Waals surface area contributed by atoms with Crippen molar-refractivity contribution in [1.29, 1.82) is 0 Å². The van der Waals surface area contributed by atoms with E-state index in [0.717, 1.165) is 5.56 Å². The van der Waals surface area contributed by atoms with E-state index in [0.29, 0.717) is 5.82 Å². The maximum atomic E-state index is 10.7. The number of anilines is 1. The molecule has 5 nitrogen and oxygen atoms in total. The Morgan fingerprint density at radius 1 is 1.69 bits per heavy atom. The van der Waals surface area contributed by atoms with Crippen LogP contribution in [0.4, 0.5) is 5.82 Å². The van der Waals surface area contributed by atoms with Gasteiger partial charge >= 0.3 is 11.1 Å². The molecular weight excluding hydrogens is 194 g/mol. The van der Waals surface area contributed by atoms with E-state index in [1.807, 2.05) is 0 Å². The first-order chi connectivity index (χ1) is 6.12. The highest BCUT2D eigenvalue weighted by Gasteiger charge is 2.38. The number of aromatic amines is 1. The van der Waals surface area contributed by atoms with Crippen LogP contribution >= 0.6 is 11.6 Å². The smallest absolute Gasteiger partial charge is 0.369 e. The highest BCUT2D eigenvalue weighted by Crippen LogP contribution is 2.26. The molecule has 0 aliphatic carbocycles. The van der Waals surface area contributed by atoms with Crippen LogP contribution < -0.4 is 5.32 Å². The SMILES string of the molecule is O=C(O)C1(Cl)N=Cc2cc[nH]c2N1. The minimum Gasteiger partial charge on any atom is -0.477 e. The third-order valence-corrected chi connectivity index (χ3v) is 2.09. The van der Waals surface area contributed by atoms with Gasteiger partial charge in [0.25, 0.3) is 0 Å². The van der Waals surface area contributed by atoms with Gasteiger partial charge in [-0.25, -0.2) is 9.79 Å². The van der Waals surface area contributed by atoms with Gasteiger partial charge in [0.05, 0.1) is 0 Å². The second-order valence-electron chi connectivity index (χ2n) is 2.62. The van der Waals surface area contributed by atoms with E-state index in [1.165, 1.54) is 6.21 Å². The second-order valence-corrected chi connectivity index (χ2v) is 3.17. The van der Waals surface area contributed by atoms with E-state index in [9.17, 15) is 4.79 Å². The first-order valence-electron chi connectivity index (χ1n) is 3.55. The van der Waals surface area contributed by atoms with Gasteiger partial charge < -0.3 is 15.4 Å². The number of alkyl halides is 1. The number of nitrogens with one attached hydrogen (secondary N) is 2. The van der Waals surface area contributed by atoms with E-state index in [-0.39, 0.29) is 0 Å². The van der Waals surface area contributed by atoms with Gasteiger partial charge in [-0.3, -0.25) is 0 Å². The number of nitrogens with zero attached hydrogens (tertiary/aromatic N) is 1. The van der Waals surface area contributed by atoms with Crippen molar-refractivity contribution in [2.75, 3.05) is 5.32 Å². The summed E-state index contributed by atoms with van der Waals surface area (Å²) in [5.41, 5.74) is 0.789. The zero-order valence-corrected chi connectivity index (χ0v) is 7.17. The van der Waals surface area contributed by atoms with Crippen LogP contribution in [0.3, 0.4) is 0 Å². The van der Waals surface area contributed by atoms with Gasteiger partial charge in [0, 0.05) is 18.0 Å². The minimum atomic E-state index is -1.78. The third kappa shape index (κ3) is 1.17. The Morgan fingerprint density at radius 3 is 3.15 bits per heavy atom. The van der Waals surface area contributed by atoms with Crippen LogP contribution in [-0.4, -0.2) is 27.4 Å². The molecule has 6 heteroatoms. The summed E-state index contributed by atoms with van der Waals surface area (Å²) in [6, 6.07) is 1.77. The van der Waals surface area contributed by atoms with Crippen LogP contribution in [-0.2, 0) is 4.79 Å². The average molecular weight is 200 g/mol. The number of fused-ring (bicyclic) bond motifs is 1. The summed E-state index contributed by atoms with van der Waals surface area (Å²) in [5, 5.41) is 9.52. The van der Waals surface area contributed by atoms with Gasteiger partial charge in [-0.1, -0.05) is 11.6 Å². The predicted octanol–water partition coefficient (Wildman–Crippen LogP) is 0.836. The molecule has 1 aromatic heterocycles. The average Bonchev–Trinajstić information content (AvgIpc) is 2.50. The molecule has 68 valence electrons. The molecule has 2 rings (SSSR count). The molecule has 1 aromatic rings. The molecule has 0 radical (unpaired) electrons. The lowest BCUT2D eigenvalue weighted by Crippen LogP contribution is -2.41. The lowest BCUT2D eigenvalue weighted by Gasteiger charge is -2.22. The number of H-pyrrole nitrogens is 1. The molecule has 1 aliphatic heterocycles. The number of aliphatic imine (C=N–C) groups is 1. The summed E-state index contributed by atoms with van der Waals surface area (Å²) >= 11 is 5.67. The van der Waals surface area contributed by atoms with Crippen LogP contribution in [0.2, 0.25) is 0 Å². The molecule has 1 unspecified atom stereocenters. The minimum absolute atomic E-state index is 0.562. The number of carboxylic acid groups (broad SMARTS) is 1. The number of aromatic nitrogens is 1. The predicted molar refractivity (Wildman–Crippen MR) is 48.2 cm³/mol. The molecule has 0 aromatic carbocycles. The van der Waals surface area contributed by atoms with Crippen LogP contribution in [0.25, 0.3) is 0 Å². The summed E-state index contributed by atoms with van der Waals surface area (Å²) < 4.78 is 0. The summed E-state index contributed by atoms with van der Waals surface area (Å²) in [6.07, 6.45) is 3.09. The Kier molecular flexibility index (Phi) is 1.56. The van der Waals surface area contributed by atoms with Gasteiger partial charge in [-0.2, -0.15) is 0 Å². The quantitative estimate of drug-likeness (QED) is 0.463. The fourth-order valence-corrected chi connectivity index (χ4v) is 1.21. The molecule has 3 N–H and O–H groups in total. The maximum absolute atomic E-state index is 10.7. The van der Waals surface area contributed by atoms with Crippen molar-refractivity contribution >= 4 is 29.6 Å². The summed E-state index contributed by atoms with van der Waals surface area (Å²) in [4.78, 5) is 17.2. The van der Waals surface area contributed by atoms with Gasteiger partial charge in [-0.15, -0.1) is 0 Å². The van der Waals surface area contributed by atoms with E-state index in [4.69, 9.17) is 16.7 Å². The Morgan fingerprint density at radius 2 is 2.46 bits per heavy atom. The number of carbonyl (C=O) groups is 1. The zero-order valence-electron chi connectivity index (χ0n) is 6.41. The molecule has 0 saturated carbocycles. The number of halogens is 1. The zero-order chi connectivity index (χ0) is 9.47. The normalized spacial score (nSPS) is 25.0. The van der Waals surface area contributed by atoms with Gasteiger partial charge in [0.2, 0.25) is 0 Å². The van der Waals surface area contributed by atoms with Crippen molar-refractivity contribution < 1.29 is 9.90 Å². The van der Waals surface area contributed by atoms with Crippen LogP contribution in [0.1, 0.15) is 5.56 Å². The van der Waals surface area contributed by atoms with E-state index >= 15 is 0 Å². The first-order valence-corrected chi connectivity index (χ1v) is 3.93. The van der Waals surface area contributed by atoms with Crippen molar-refractivity contribution in [2.45, 2.75) is 5.12 Å². The Labute approximate surface area is 78.4 Å². The molecular formula is C7H6ClN3O2. The maximum Gasteiger partial charge on any atom is 0.369 e. The summed E-state index contributed by atoms with van der Waals surface area (Å²) in [6.45, 7) is 0. The van der Waals surface area contributed by atoms with Gasteiger partial charge in [-0.05, 0) is 6.07 Å². The monoisotopic (exact) mass is 199 g/mol. The summed E-state index contributed by atoms with van der Waals surface area (Å²) in [7, 11) is 0. The van der Waals surface area contributed by atoms with Crippen molar-refractivity contribution in [2.24, 2.45) is 4.99 Å². The van der Waals surface area contributed by atoms with E-state index in [1.54, 1.807) is 12.3 Å². The molecule has 0 saturated heterocycles. The van der Waals surface area contributed by atoms with Crippen molar-refractivity contribution in [3.63, 3.8) is 0 Å². The van der Waals surface area contributed by atoms with E-state index in [2.05, 4.69) is 15.3 Å². The molecule has 1 aliphatic rings. The molecule has 13 heavy (non-hydrogen) atoms. The number of carboxylic acids is 1. The first kappa shape index (κ1) is 8.12. The summed E-state index contributed by atoms with van der Waals surface area (Å²) in [5.74, 6) is -0.668. The fraction of sp³-hybridized carbons (Fsp3) is 0.143. The third-order valence-electron chi connectivity index (χ3n) is 1.73. The highest BCUT2D eigenvalue weighted by molar-refractivity contribution is 6.35. The van der Waals surface area contributed by atoms with Crippen LogP contribution in [0, 0.1) is 0 Å². The van der Waals surface area contributed by atoms with Crippen LogP contribution in [0.5, 0.6) is 0 Å². The number of hydrogen-bond acceptors (Lipinski definition) is 3.